The van der Waals surface area contributed by atoms with Crippen LogP contribution in [0.25, 0.3) is 0 Å². The third-order valence-corrected chi connectivity index (χ3v) is 4.55. The van der Waals surface area contributed by atoms with Crippen LogP contribution in [0.2, 0.25) is 0 Å². The van der Waals surface area contributed by atoms with Crippen LogP contribution in [0.3, 0.4) is 0 Å². The number of nitrogens with one attached hydrogen (secondary N) is 1. The maximum absolute atomic E-state index is 12.3. The lowest BCUT2D eigenvalue weighted by molar-refractivity contribution is -0.123. The van der Waals surface area contributed by atoms with Crippen LogP contribution in [0.5, 0.6) is 0 Å². The molecule has 1 saturated heterocycles. The number of likely N-dealkylation sites (tertiary alicyclic amines) is 1. The molecule has 1 amide bonds. The van der Waals surface area contributed by atoms with Crippen LogP contribution < -0.4 is 5.32 Å². The highest BCUT2D eigenvalue weighted by Gasteiger charge is 2.45. The molecule has 0 spiro atoms. The first-order valence-corrected chi connectivity index (χ1v) is 7.65. The minimum Gasteiger partial charge on any atom is -0.345 e. The molecule has 3 rings (SSSR count). The van der Waals surface area contributed by atoms with Gasteiger partial charge in [0.1, 0.15) is 0 Å². The number of nitrogens with zero attached hydrogens (tertiary/aromatic N) is 2. The molecule has 1 heterocycles. The van der Waals surface area contributed by atoms with Gasteiger partial charge in [0, 0.05) is 6.54 Å². The Kier molecular flexibility index (Phi) is 3.69. The summed E-state index contributed by atoms with van der Waals surface area (Å²) < 4.78 is 0. The molecule has 1 aliphatic carbocycles. The number of nitriles is 1. The van der Waals surface area contributed by atoms with E-state index in [4.69, 9.17) is 5.26 Å². The monoisotopic (exact) mass is 283 g/mol. The van der Waals surface area contributed by atoms with Crippen molar-refractivity contribution in [2.24, 2.45) is 5.92 Å². The Labute approximate surface area is 125 Å². The molecule has 1 aromatic carbocycles. The van der Waals surface area contributed by atoms with E-state index in [1.807, 2.05) is 18.2 Å². The molecule has 1 atom stereocenters. The van der Waals surface area contributed by atoms with Crippen LogP contribution in [-0.2, 0) is 10.3 Å². The quantitative estimate of drug-likeness (QED) is 0.919. The van der Waals surface area contributed by atoms with Gasteiger partial charge in [-0.1, -0.05) is 19.1 Å². The highest BCUT2D eigenvalue weighted by molar-refractivity contribution is 5.79. The van der Waals surface area contributed by atoms with E-state index in [2.05, 4.69) is 23.2 Å². The van der Waals surface area contributed by atoms with E-state index in [-0.39, 0.29) is 11.4 Å². The zero-order chi connectivity index (χ0) is 14.9. The number of carbonyl (C=O) groups is 1. The van der Waals surface area contributed by atoms with Gasteiger partial charge in [-0.25, -0.2) is 0 Å². The Morgan fingerprint density at radius 2 is 2.33 bits per heavy atom. The maximum atomic E-state index is 12.3. The largest absolute Gasteiger partial charge is 0.345 e. The number of rotatable bonds is 4. The van der Waals surface area contributed by atoms with Gasteiger partial charge in [-0.05, 0) is 49.4 Å². The summed E-state index contributed by atoms with van der Waals surface area (Å²) in [5.41, 5.74) is 1.49. The molecule has 4 heteroatoms. The summed E-state index contributed by atoms with van der Waals surface area (Å²) in [6.45, 7) is 4.76. The molecule has 21 heavy (non-hydrogen) atoms. The predicted molar refractivity (Wildman–Crippen MR) is 80.4 cm³/mol. The summed E-state index contributed by atoms with van der Waals surface area (Å²) in [7, 11) is 0. The molecule has 1 saturated carbocycles. The van der Waals surface area contributed by atoms with E-state index < -0.39 is 0 Å². The Bertz CT molecular complexity index is 586. The number of carbonyl (C=O) groups excluding carboxylic acids is 1. The van der Waals surface area contributed by atoms with Crippen molar-refractivity contribution >= 4 is 5.91 Å². The van der Waals surface area contributed by atoms with Crippen LogP contribution in [0.4, 0.5) is 0 Å². The fourth-order valence-corrected chi connectivity index (χ4v) is 3.18. The maximum Gasteiger partial charge on any atom is 0.234 e. The van der Waals surface area contributed by atoms with Crippen molar-refractivity contribution in [3.8, 4) is 6.07 Å². The minimum absolute atomic E-state index is 0.101. The highest BCUT2D eigenvalue weighted by atomic mass is 16.2. The van der Waals surface area contributed by atoms with Gasteiger partial charge >= 0.3 is 0 Å². The summed E-state index contributed by atoms with van der Waals surface area (Å²) in [4.78, 5) is 14.5. The van der Waals surface area contributed by atoms with Gasteiger partial charge in [-0.3, -0.25) is 9.69 Å². The predicted octanol–water partition coefficient (Wildman–Crippen LogP) is 2.01. The summed E-state index contributed by atoms with van der Waals surface area (Å²) in [6, 6.07) is 9.75. The van der Waals surface area contributed by atoms with Crippen molar-refractivity contribution in [1.29, 1.82) is 5.26 Å². The molecule has 2 aliphatic rings. The van der Waals surface area contributed by atoms with E-state index in [0.717, 1.165) is 31.5 Å². The molecule has 110 valence electrons. The number of hydrogen-bond donors (Lipinski definition) is 1. The lowest BCUT2D eigenvalue weighted by atomic mass is 10.0. The third-order valence-electron chi connectivity index (χ3n) is 4.55. The summed E-state index contributed by atoms with van der Waals surface area (Å²) in [5, 5.41) is 12.2. The molecule has 4 nitrogen and oxygen atoms in total. The summed E-state index contributed by atoms with van der Waals surface area (Å²) >= 11 is 0. The Hall–Kier alpha value is -1.86. The van der Waals surface area contributed by atoms with Gasteiger partial charge in [-0.2, -0.15) is 5.26 Å². The van der Waals surface area contributed by atoms with E-state index in [1.165, 1.54) is 6.42 Å². The normalized spacial score (nSPS) is 23.5. The molecule has 1 aliphatic heterocycles. The van der Waals surface area contributed by atoms with Crippen molar-refractivity contribution in [2.45, 2.75) is 31.7 Å². The lowest BCUT2D eigenvalue weighted by Gasteiger charge is -2.21. The zero-order valence-electron chi connectivity index (χ0n) is 12.4. The first kappa shape index (κ1) is 14.1. The van der Waals surface area contributed by atoms with E-state index in [9.17, 15) is 4.79 Å². The molecular formula is C17H21N3O. The number of amides is 1. The molecular weight excluding hydrogens is 262 g/mol. The Balaban J connectivity index is 1.63. The van der Waals surface area contributed by atoms with Gasteiger partial charge in [0.2, 0.25) is 5.91 Å². The lowest BCUT2D eigenvalue weighted by Crippen LogP contribution is -2.41. The average Bonchev–Trinajstić information content (AvgIpc) is 3.15. The van der Waals surface area contributed by atoms with Crippen molar-refractivity contribution < 1.29 is 4.79 Å². The van der Waals surface area contributed by atoms with Crippen molar-refractivity contribution in [3.05, 3.63) is 35.4 Å². The van der Waals surface area contributed by atoms with Gasteiger partial charge in [-0.15, -0.1) is 0 Å². The van der Waals surface area contributed by atoms with Gasteiger partial charge in [0.15, 0.2) is 0 Å². The first-order valence-electron chi connectivity index (χ1n) is 7.65. The smallest absolute Gasteiger partial charge is 0.234 e. The second-order valence-electron chi connectivity index (χ2n) is 6.45. The van der Waals surface area contributed by atoms with E-state index in [1.54, 1.807) is 6.07 Å². The summed E-state index contributed by atoms with van der Waals surface area (Å²) in [5.74, 6) is 0.795. The minimum atomic E-state index is -0.227. The van der Waals surface area contributed by atoms with Crippen LogP contribution in [0.15, 0.2) is 24.3 Å². The Morgan fingerprint density at radius 3 is 2.95 bits per heavy atom. The zero-order valence-corrected chi connectivity index (χ0v) is 12.4. The number of benzene rings is 1. The molecule has 1 aromatic rings. The van der Waals surface area contributed by atoms with Crippen molar-refractivity contribution in [2.75, 3.05) is 19.6 Å². The van der Waals surface area contributed by atoms with Crippen molar-refractivity contribution in [3.63, 3.8) is 0 Å². The van der Waals surface area contributed by atoms with Gasteiger partial charge < -0.3 is 5.32 Å². The third kappa shape index (κ3) is 3.08. The molecule has 0 bridgehead atoms. The van der Waals surface area contributed by atoms with Crippen LogP contribution in [0, 0.1) is 17.2 Å². The van der Waals surface area contributed by atoms with Gasteiger partial charge in [0.05, 0.1) is 23.7 Å². The Morgan fingerprint density at radius 1 is 1.52 bits per heavy atom. The average molecular weight is 283 g/mol. The molecule has 1 N–H and O–H groups in total. The van der Waals surface area contributed by atoms with E-state index >= 15 is 0 Å². The number of hydrogen-bond acceptors (Lipinski definition) is 3. The second kappa shape index (κ2) is 5.50. The van der Waals surface area contributed by atoms with Crippen LogP contribution in [-0.4, -0.2) is 30.4 Å². The molecule has 2 fully saturated rings. The molecule has 0 radical (unpaired) electrons. The molecule has 0 aromatic heterocycles. The summed E-state index contributed by atoms with van der Waals surface area (Å²) in [6.07, 6.45) is 3.11. The van der Waals surface area contributed by atoms with Crippen LogP contribution >= 0.6 is 0 Å². The molecule has 0 unspecified atom stereocenters. The fourth-order valence-electron chi connectivity index (χ4n) is 3.18. The van der Waals surface area contributed by atoms with Crippen LogP contribution in [0.1, 0.15) is 37.3 Å². The standard InChI is InChI=1S/C17H21N3O/c1-13-5-8-20(11-13)12-16(21)19-17(6-7-17)15-4-2-3-14(9-15)10-18/h2-4,9,13H,5-8,11-12H2,1H3,(H,19,21)/t13-/m1/s1. The fraction of sp³-hybridized carbons (Fsp3) is 0.529. The highest BCUT2D eigenvalue weighted by Crippen LogP contribution is 2.45. The topological polar surface area (TPSA) is 56.1 Å². The van der Waals surface area contributed by atoms with Crippen molar-refractivity contribution in [1.82, 2.24) is 10.2 Å². The van der Waals surface area contributed by atoms with E-state index in [0.29, 0.717) is 18.0 Å². The second-order valence-corrected chi connectivity index (χ2v) is 6.45. The van der Waals surface area contributed by atoms with Gasteiger partial charge in [0.25, 0.3) is 0 Å². The first-order chi connectivity index (χ1) is 10.1. The SMILES string of the molecule is C[C@@H]1CCN(CC(=O)NC2(c3cccc(C#N)c3)CC2)C1.